The van der Waals surface area contributed by atoms with Gasteiger partial charge in [0.05, 0.1) is 19.3 Å². The summed E-state index contributed by atoms with van der Waals surface area (Å²) in [5, 5.41) is 6.49. The molecule has 7 heteroatoms. The highest BCUT2D eigenvalue weighted by Gasteiger charge is 2.09. The van der Waals surface area contributed by atoms with Gasteiger partial charge in [0.15, 0.2) is 5.96 Å². The largest absolute Gasteiger partial charge is 0.496 e. The molecule has 1 rings (SSSR count). The summed E-state index contributed by atoms with van der Waals surface area (Å²) in [6.45, 7) is 6.17. The van der Waals surface area contributed by atoms with E-state index in [0.29, 0.717) is 6.54 Å². The van der Waals surface area contributed by atoms with Crippen molar-refractivity contribution < 1.29 is 9.47 Å². The number of pyridine rings is 1. The Hall–Kier alpha value is -1.09. The Morgan fingerprint density at radius 2 is 2.00 bits per heavy atom. The smallest absolute Gasteiger partial charge is 0.191 e. The molecular formula is C15H27IN4O2. The predicted octanol–water partition coefficient (Wildman–Crippen LogP) is 2.03. The van der Waals surface area contributed by atoms with Crippen molar-refractivity contribution in [2.24, 2.45) is 4.99 Å². The minimum absolute atomic E-state index is 0. The molecule has 1 aromatic heterocycles. The monoisotopic (exact) mass is 422 g/mol. The Balaban J connectivity index is 0.00000441. The maximum Gasteiger partial charge on any atom is 0.191 e. The molecule has 0 spiro atoms. The molecule has 6 nitrogen and oxygen atoms in total. The topological polar surface area (TPSA) is 67.8 Å². The molecule has 0 fully saturated rings. The fourth-order valence-corrected chi connectivity index (χ4v) is 2.06. The van der Waals surface area contributed by atoms with Crippen molar-refractivity contribution in [1.82, 2.24) is 15.6 Å². The van der Waals surface area contributed by atoms with Crippen molar-refractivity contribution in [2.45, 2.75) is 26.8 Å². The van der Waals surface area contributed by atoms with Gasteiger partial charge in [0.2, 0.25) is 0 Å². The van der Waals surface area contributed by atoms with E-state index in [-0.39, 0.29) is 24.0 Å². The van der Waals surface area contributed by atoms with Crippen LogP contribution in [-0.4, -0.2) is 45.4 Å². The van der Waals surface area contributed by atoms with Crippen LogP contribution in [0.4, 0.5) is 0 Å². The van der Waals surface area contributed by atoms with Crippen LogP contribution < -0.4 is 15.4 Å². The number of hydrogen-bond acceptors (Lipinski definition) is 4. The number of aromatic nitrogens is 1. The highest BCUT2D eigenvalue weighted by Crippen LogP contribution is 2.23. The van der Waals surface area contributed by atoms with Gasteiger partial charge >= 0.3 is 0 Å². The molecule has 0 unspecified atom stereocenters. The van der Waals surface area contributed by atoms with E-state index in [9.17, 15) is 0 Å². The van der Waals surface area contributed by atoms with Gasteiger partial charge in [-0.15, -0.1) is 24.0 Å². The molecule has 0 bridgehead atoms. The summed E-state index contributed by atoms with van der Waals surface area (Å²) < 4.78 is 10.4. The van der Waals surface area contributed by atoms with Gasteiger partial charge in [0.1, 0.15) is 5.75 Å². The normalized spacial score (nSPS) is 10.9. The Labute approximate surface area is 150 Å². The predicted molar refractivity (Wildman–Crippen MR) is 100 cm³/mol. The molecule has 0 amide bonds. The SMILES string of the molecule is CN=C(NCCCOC)NCc1ncc(C)c(OC)c1C.I. The molecule has 0 atom stereocenters. The lowest BCUT2D eigenvalue weighted by atomic mass is 10.1. The van der Waals surface area contributed by atoms with Gasteiger partial charge in [-0.1, -0.05) is 0 Å². The molecule has 0 saturated heterocycles. The molecule has 0 aliphatic rings. The number of aliphatic imine (C=N–C) groups is 1. The zero-order valence-corrected chi connectivity index (χ0v) is 16.4. The summed E-state index contributed by atoms with van der Waals surface area (Å²) >= 11 is 0. The first-order valence-electron chi connectivity index (χ1n) is 7.06. The van der Waals surface area contributed by atoms with Crippen LogP contribution >= 0.6 is 24.0 Å². The van der Waals surface area contributed by atoms with Crippen molar-refractivity contribution >= 4 is 29.9 Å². The summed E-state index contributed by atoms with van der Waals surface area (Å²) in [5.74, 6) is 1.65. The Morgan fingerprint density at radius 3 is 2.59 bits per heavy atom. The van der Waals surface area contributed by atoms with Gasteiger partial charge in [-0.25, -0.2) is 0 Å². The number of nitrogens with one attached hydrogen (secondary N) is 2. The Kier molecular flexibility index (Phi) is 10.9. The maximum atomic E-state index is 5.41. The molecule has 0 aliphatic carbocycles. The number of methoxy groups -OCH3 is 2. The standard InChI is InChI=1S/C15H26N4O2.HI/c1-11-9-18-13(12(2)14(11)21-5)10-19-15(16-3)17-7-6-8-20-4;/h9H,6-8,10H2,1-5H3,(H2,16,17,19);1H. The maximum absolute atomic E-state index is 5.41. The third-order valence-corrected chi connectivity index (χ3v) is 3.21. The number of hydrogen-bond donors (Lipinski definition) is 2. The quantitative estimate of drug-likeness (QED) is 0.305. The zero-order valence-electron chi connectivity index (χ0n) is 14.0. The summed E-state index contributed by atoms with van der Waals surface area (Å²) in [6.07, 6.45) is 2.77. The number of guanidine groups is 1. The lowest BCUT2D eigenvalue weighted by Crippen LogP contribution is -2.37. The number of aryl methyl sites for hydroxylation is 1. The zero-order chi connectivity index (χ0) is 15.7. The second-order valence-corrected chi connectivity index (χ2v) is 4.75. The van der Waals surface area contributed by atoms with E-state index in [4.69, 9.17) is 9.47 Å². The minimum atomic E-state index is 0. The molecule has 0 aromatic carbocycles. The van der Waals surface area contributed by atoms with Crippen molar-refractivity contribution in [3.63, 3.8) is 0 Å². The van der Waals surface area contributed by atoms with Crippen molar-refractivity contribution in [3.05, 3.63) is 23.0 Å². The van der Waals surface area contributed by atoms with E-state index in [1.807, 2.05) is 20.0 Å². The molecule has 2 N–H and O–H groups in total. The third kappa shape index (κ3) is 6.35. The third-order valence-electron chi connectivity index (χ3n) is 3.21. The Morgan fingerprint density at radius 1 is 1.27 bits per heavy atom. The molecular weight excluding hydrogens is 395 g/mol. The number of nitrogens with zero attached hydrogens (tertiary/aromatic N) is 2. The molecule has 22 heavy (non-hydrogen) atoms. The average molecular weight is 422 g/mol. The Bertz CT molecular complexity index is 481. The van der Waals surface area contributed by atoms with Gasteiger partial charge in [0, 0.05) is 44.6 Å². The lowest BCUT2D eigenvalue weighted by Gasteiger charge is -2.15. The van der Waals surface area contributed by atoms with Gasteiger partial charge < -0.3 is 20.1 Å². The van der Waals surface area contributed by atoms with Crippen LogP contribution in [0.1, 0.15) is 23.2 Å². The van der Waals surface area contributed by atoms with Gasteiger partial charge in [-0.3, -0.25) is 9.98 Å². The fourth-order valence-electron chi connectivity index (χ4n) is 2.06. The molecule has 0 radical (unpaired) electrons. The van der Waals surface area contributed by atoms with Crippen LogP contribution in [-0.2, 0) is 11.3 Å². The van der Waals surface area contributed by atoms with Crippen LogP contribution in [0.3, 0.4) is 0 Å². The average Bonchev–Trinajstić information content (AvgIpc) is 2.49. The summed E-state index contributed by atoms with van der Waals surface area (Å²) in [7, 11) is 5.14. The first-order valence-corrected chi connectivity index (χ1v) is 7.06. The van der Waals surface area contributed by atoms with Crippen LogP contribution in [0.25, 0.3) is 0 Å². The summed E-state index contributed by atoms with van der Waals surface area (Å²) in [5.41, 5.74) is 3.05. The van der Waals surface area contributed by atoms with Crippen LogP contribution in [0.2, 0.25) is 0 Å². The lowest BCUT2D eigenvalue weighted by molar-refractivity contribution is 0.195. The number of rotatable bonds is 7. The molecule has 0 aliphatic heterocycles. The first-order chi connectivity index (χ1) is 10.1. The highest BCUT2D eigenvalue weighted by atomic mass is 127. The highest BCUT2D eigenvalue weighted by molar-refractivity contribution is 14.0. The van der Waals surface area contributed by atoms with Crippen molar-refractivity contribution in [2.75, 3.05) is 34.4 Å². The number of halogens is 1. The fraction of sp³-hybridized carbons (Fsp3) is 0.600. The summed E-state index contributed by atoms with van der Waals surface area (Å²) in [4.78, 5) is 8.64. The van der Waals surface area contributed by atoms with Crippen LogP contribution in [0.5, 0.6) is 5.75 Å². The van der Waals surface area contributed by atoms with E-state index in [2.05, 4.69) is 20.6 Å². The molecule has 0 saturated carbocycles. The van der Waals surface area contributed by atoms with Crippen molar-refractivity contribution in [1.29, 1.82) is 0 Å². The van der Waals surface area contributed by atoms with Crippen LogP contribution in [0, 0.1) is 13.8 Å². The van der Waals surface area contributed by atoms with E-state index in [0.717, 1.165) is 48.1 Å². The summed E-state index contributed by atoms with van der Waals surface area (Å²) in [6, 6.07) is 0. The molecule has 1 aromatic rings. The van der Waals surface area contributed by atoms with Crippen LogP contribution in [0.15, 0.2) is 11.2 Å². The number of ether oxygens (including phenoxy) is 2. The van der Waals surface area contributed by atoms with E-state index < -0.39 is 0 Å². The molecule has 1 heterocycles. The second-order valence-electron chi connectivity index (χ2n) is 4.75. The van der Waals surface area contributed by atoms with E-state index in [1.165, 1.54) is 0 Å². The molecule has 126 valence electrons. The van der Waals surface area contributed by atoms with Crippen molar-refractivity contribution in [3.8, 4) is 5.75 Å². The minimum Gasteiger partial charge on any atom is -0.496 e. The van der Waals surface area contributed by atoms with E-state index >= 15 is 0 Å². The van der Waals surface area contributed by atoms with E-state index in [1.54, 1.807) is 21.3 Å². The first kappa shape index (κ1) is 20.9. The van der Waals surface area contributed by atoms with Gasteiger partial charge in [-0.05, 0) is 20.3 Å². The van der Waals surface area contributed by atoms with Gasteiger partial charge in [-0.2, -0.15) is 0 Å². The van der Waals surface area contributed by atoms with Gasteiger partial charge in [0.25, 0.3) is 0 Å². The second kappa shape index (κ2) is 11.5.